The van der Waals surface area contributed by atoms with Crippen molar-refractivity contribution < 1.29 is 4.74 Å². The van der Waals surface area contributed by atoms with Crippen LogP contribution in [-0.2, 0) is 4.74 Å². The number of ether oxygens (including phenoxy) is 1. The third-order valence-electron chi connectivity index (χ3n) is 3.42. The summed E-state index contributed by atoms with van der Waals surface area (Å²) in [4.78, 5) is 3.94. The van der Waals surface area contributed by atoms with Crippen LogP contribution in [0.5, 0.6) is 0 Å². The minimum absolute atomic E-state index is 0.501. The van der Waals surface area contributed by atoms with Gasteiger partial charge in [-0.2, -0.15) is 0 Å². The topological polar surface area (TPSA) is 24.5 Å². The van der Waals surface area contributed by atoms with Crippen molar-refractivity contribution in [1.82, 2.24) is 10.2 Å². The summed E-state index contributed by atoms with van der Waals surface area (Å²) in [6, 6.07) is 5.39. The predicted molar refractivity (Wildman–Crippen MR) is 77.2 cm³/mol. The molecule has 0 saturated carbocycles. The molecule has 1 aliphatic heterocycles. The first-order chi connectivity index (χ1) is 8.79. The lowest BCUT2D eigenvalue weighted by molar-refractivity contribution is 0.0338. The normalized spacial score (nSPS) is 20.8. The van der Waals surface area contributed by atoms with Crippen molar-refractivity contribution in [2.45, 2.75) is 32.4 Å². The van der Waals surface area contributed by atoms with Crippen molar-refractivity contribution in [3.63, 3.8) is 0 Å². The van der Waals surface area contributed by atoms with Crippen LogP contribution in [0.2, 0.25) is 0 Å². The Bertz CT molecular complexity index is 323. The van der Waals surface area contributed by atoms with Crippen LogP contribution >= 0.6 is 11.3 Å². The molecular weight excluding hydrogens is 244 g/mol. The summed E-state index contributed by atoms with van der Waals surface area (Å²) in [5.41, 5.74) is 0. The third kappa shape index (κ3) is 4.05. The molecule has 2 rings (SSSR count). The van der Waals surface area contributed by atoms with Crippen molar-refractivity contribution in [2.24, 2.45) is 0 Å². The maximum atomic E-state index is 5.38. The fraction of sp³-hybridized carbons (Fsp3) is 0.714. The molecule has 1 N–H and O–H groups in total. The van der Waals surface area contributed by atoms with Gasteiger partial charge >= 0.3 is 0 Å². The van der Waals surface area contributed by atoms with Gasteiger partial charge in [0.15, 0.2) is 0 Å². The second-order valence-corrected chi connectivity index (χ2v) is 5.94. The Morgan fingerprint density at radius 3 is 2.83 bits per heavy atom. The summed E-state index contributed by atoms with van der Waals surface area (Å²) in [5.74, 6) is 0. The maximum absolute atomic E-state index is 5.38. The zero-order valence-corrected chi connectivity index (χ0v) is 12.2. The third-order valence-corrected chi connectivity index (χ3v) is 4.40. The van der Waals surface area contributed by atoms with Crippen LogP contribution in [0.15, 0.2) is 17.5 Å². The molecule has 102 valence electrons. The molecule has 1 fully saturated rings. The lowest BCUT2D eigenvalue weighted by atomic mass is 10.1. The standard InChI is InChI=1S/C14H24N2OS/c1-3-13(14-5-4-10-18-14)15-12(2)11-16-6-8-17-9-7-16/h4-5,10,12-13,15H,3,6-9,11H2,1-2H3. The molecule has 0 amide bonds. The highest BCUT2D eigenvalue weighted by Crippen LogP contribution is 2.22. The van der Waals surface area contributed by atoms with Gasteiger partial charge in [0, 0.05) is 36.6 Å². The molecule has 1 saturated heterocycles. The Hall–Kier alpha value is -0.420. The number of hydrogen-bond acceptors (Lipinski definition) is 4. The Kier molecular flexibility index (Phi) is 5.63. The van der Waals surface area contributed by atoms with E-state index in [4.69, 9.17) is 4.74 Å². The minimum atomic E-state index is 0.501. The largest absolute Gasteiger partial charge is 0.379 e. The highest BCUT2D eigenvalue weighted by atomic mass is 32.1. The van der Waals surface area contributed by atoms with Gasteiger partial charge in [0.25, 0.3) is 0 Å². The molecule has 2 atom stereocenters. The number of hydrogen-bond donors (Lipinski definition) is 1. The molecule has 18 heavy (non-hydrogen) atoms. The Morgan fingerprint density at radius 2 is 2.22 bits per heavy atom. The summed E-state index contributed by atoms with van der Waals surface area (Å²) < 4.78 is 5.38. The Labute approximate surface area is 114 Å². The van der Waals surface area contributed by atoms with Crippen LogP contribution in [0, 0.1) is 0 Å². The quantitative estimate of drug-likeness (QED) is 0.858. The number of nitrogens with one attached hydrogen (secondary N) is 1. The molecule has 1 aromatic rings. The maximum Gasteiger partial charge on any atom is 0.0594 e. The monoisotopic (exact) mass is 268 g/mol. The summed E-state index contributed by atoms with van der Waals surface area (Å²) >= 11 is 1.85. The lowest BCUT2D eigenvalue weighted by Crippen LogP contribution is -2.45. The van der Waals surface area contributed by atoms with Gasteiger partial charge < -0.3 is 10.1 Å². The number of morpholine rings is 1. The van der Waals surface area contributed by atoms with Crippen LogP contribution in [0.25, 0.3) is 0 Å². The Morgan fingerprint density at radius 1 is 1.44 bits per heavy atom. The van der Waals surface area contributed by atoms with Crippen molar-refractivity contribution >= 4 is 11.3 Å². The molecule has 3 nitrogen and oxygen atoms in total. The van der Waals surface area contributed by atoms with Crippen molar-refractivity contribution in [2.75, 3.05) is 32.8 Å². The highest BCUT2D eigenvalue weighted by molar-refractivity contribution is 7.10. The Balaban J connectivity index is 1.79. The molecule has 0 aliphatic carbocycles. The lowest BCUT2D eigenvalue weighted by Gasteiger charge is -2.31. The molecule has 0 radical (unpaired) electrons. The zero-order chi connectivity index (χ0) is 12.8. The average molecular weight is 268 g/mol. The van der Waals surface area contributed by atoms with E-state index >= 15 is 0 Å². The first-order valence-corrected chi connectivity index (χ1v) is 7.77. The summed E-state index contributed by atoms with van der Waals surface area (Å²) in [6.45, 7) is 9.56. The average Bonchev–Trinajstić information content (AvgIpc) is 2.91. The van der Waals surface area contributed by atoms with Crippen molar-refractivity contribution in [1.29, 1.82) is 0 Å². The second-order valence-electron chi connectivity index (χ2n) is 4.96. The molecule has 4 heteroatoms. The van der Waals surface area contributed by atoms with Crippen molar-refractivity contribution in [3.8, 4) is 0 Å². The van der Waals surface area contributed by atoms with Crippen LogP contribution in [-0.4, -0.2) is 43.8 Å². The van der Waals surface area contributed by atoms with Crippen LogP contribution in [0.1, 0.15) is 31.2 Å². The molecule has 2 unspecified atom stereocenters. The van der Waals surface area contributed by atoms with Gasteiger partial charge in [0.1, 0.15) is 0 Å². The molecule has 2 heterocycles. The van der Waals surface area contributed by atoms with E-state index < -0.39 is 0 Å². The second kappa shape index (κ2) is 7.24. The van der Waals surface area contributed by atoms with E-state index in [1.807, 2.05) is 11.3 Å². The van der Waals surface area contributed by atoms with E-state index in [0.717, 1.165) is 39.3 Å². The number of thiophene rings is 1. The van der Waals surface area contributed by atoms with E-state index in [1.165, 1.54) is 4.88 Å². The summed E-state index contributed by atoms with van der Waals surface area (Å²) in [6.07, 6.45) is 1.15. The van der Waals surface area contributed by atoms with Gasteiger partial charge in [-0.3, -0.25) is 4.90 Å². The van der Waals surface area contributed by atoms with Gasteiger partial charge in [-0.25, -0.2) is 0 Å². The molecule has 1 aromatic heterocycles. The fourth-order valence-electron chi connectivity index (χ4n) is 2.46. The van der Waals surface area contributed by atoms with Gasteiger partial charge in [-0.05, 0) is 24.8 Å². The van der Waals surface area contributed by atoms with E-state index in [1.54, 1.807) is 0 Å². The van der Waals surface area contributed by atoms with E-state index in [-0.39, 0.29) is 0 Å². The molecule has 0 bridgehead atoms. The zero-order valence-electron chi connectivity index (χ0n) is 11.4. The molecule has 1 aliphatic rings. The number of nitrogens with zero attached hydrogens (tertiary/aromatic N) is 1. The van der Waals surface area contributed by atoms with E-state index in [9.17, 15) is 0 Å². The summed E-state index contributed by atoms with van der Waals surface area (Å²) in [7, 11) is 0. The first kappa shape index (κ1) is 14.0. The fourth-order valence-corrected chi connectivity index (χ4v) is 3.33. The highest BCUT2D eigenvalue weighted by Gasteiger charge is 2.17. The van der Waals surface area contributed by atoms with Gasteiger partial charge in [0.05, 0.1) is 13.2 Å². The molecular formula is C14H24N2OS. The van der Waals surface area contributed by atoms with E-state index in [0.29, 0.717) is 12.1 Å². The first-order valence-electron chi connectivity index (χ1n) is 6.89. The SMILES string of the molecule is CCC(NC(C)CN1CCOCC1)c1cccs1. The molecule has 0 aromatic carbocycles. The van der Waals surface area contributed by atoms with Gasteiger partial charge in [0.2, 0.25) is 0 Å². The predicted octanol–water partition coefficient (Wildman–Crippen LogP) is 2.51. The minimum Gasteiger partial charge on any atom is -0.379 e. The smallest absolute Gasteiger partial charge is 0.0594 e. The molecule has 0 spiro atoms. The van der Waals surface area contributed by atoms with Crippen LogP contribution < -0.4 is 5.32 Å². The van der Waals surface area contributed by atoms with E-state index in [2.05, 4.69) is 41.6 Å². The van der Waals surface area contributed by atoms with Gasteiger partial charge in [-0.15, -0.1) is 11.3 Å². The van der Waals surface area contributed by atoms with Crippen LogP contribution in [0.3, 0.4) is 0 Å². The number of rotatable bonds is 6. The van der Waals surface area contributed by atoms with Gasteiger partial charge in [-0.1, -0.05) is 13.0 Å². The van der Waals surface area contributed by atoms with Crippen LogP contribution in [0.4, 0.5) is 0 Å². The van der Waals surface area contributed by atoms with Crippen molar-refractivity contribution in [3.05, 3.63) is 22.4 Å². The summed E-state index contributed by atoms with van der Waals surface area (Å²) in [5, 5.41) is 5.90.